The van der Waals surface area contributed by atoms with Crippen LogP contribution in [-0.2, 0) is 13.2 Å². The lowest BCUT2D eigenvalue weighted by molar-refractivity contribution is 0.102. The molecule has 4 aromatic rings. The van der Waals surface area contributed by atoms with Crippen molar-refractivity contribution in [1.29, 1.82) is 0 Å². The van der Waals surface area contributed by atoms with Gasteiger partial charge < -0.3 is 10.1 Å². The highest BCUT2D eigenvalue weighted by Gasteiger charge is 2.11. The molecule has 1 amide bonds. The molecule has 35 heavy (non-hydrogen) atoms. The highest BCUT2D eigenvalue weighted by Crippen LogP contribution is 2.17. The Morgan fingerprint density at radius 1 is 1.20 bits per heavy atom. The Kier molecular flexibility index (Phi) is 7.08. The van der Waals surface area contributed by atoms with Gasteiger partial charge in [0.15, 0.2) is 0 Å². The monoisotopic (exact) mass is 468 g/mol. The van der Waals surface area contributed by atoms with Crippen LogP contribution in [0, 0.1) is 0 Å². The lowest BCUT2D eigenvalue weighted by Gasteiger charge is -2.09. The van der Waals surface area contributed by atoms with Gasteiger partial charge in [0.25, 0.3) is 11.5 Å². The van der Waals surface area contributed by atoms with Crippen molar-refractivity contribution < 1.29 is 9.90 Å². The van der Waals surface area contributed by atoms with Gasteiger partial charge in [-0.1, -0.05) is 30.9 Å². The molecule has 9 nitrogen and oxygen atoms in total. The van der Waals surface area contributed by atoms with Crippen molar-refractivity contribution in [2.24, 2.45) is 4.99 Å². The SMILES string of the molecule is C=C(/C=C\C=NC)c1ccc(=O)n(Cc2cccc(C(=O)Nc3nc4ccc(CO)cc4[nH]3)c2)n1. The number of nitrogens with zero attached hydrogens (tertiary/aromatic N) is 4. The first kappa shape index (κ1) is 23.5. The zero-order chi connectivity index (χ0) is 24.8. The van der Waals surface area contributed by atoms with Gasteiger partial charge >= 0.3 is 0 Å². The molecule has 0 radical (unpaired) electrons. The molecule has 0 saturated heterocycles. The van der Waals surface area contributed by atoms with Crippen molar-refractivity contribution in [3.63, 3.8) is 0 Å². The van der Waals surface area contributed by atoms with Crippen LogP contribution in [0.4, 0.5) is 5.95 Å². The minimum Gasteiger partial charge on any atom is -0.392 e. The number of aliphatic imine (C=N–C) groups is 1. The summed E-state index contributed by atoms with van der Waals surface area (Å²) in [5.74, 6) is -0.0470. The number of allylic oxidation sites excluding steroid dienone is 3. The topological polar surface area (TPSA) is 125 Å². The highest BCUT2D eigenvalue weighted by molar-refractivity contribution is 6.04. The molecule has 9 heteroatoms. The summed E-state index contributed by atoms with van der Waals surface area (Å²) in [6, 6.07) is 15.3. The van der Waals surface area contributed by atoms with Crippen LogP contribution in [0.25, 0.3) is 16.6 Å². The molecule has 0 spiro atoms. The standard InChI is InChI=1S/C26H24N6O3/c1-17(5-4-12-27-2)21-10-11-24(34)32(31-21)15-18-6-3-7-20(13-18)25(35)30-26-28-22-9-8-19(16-33)14-23(22)29-26/h3-14,33H,1,15-16H2,2H3,(H2,28,29,30,35)/b5-4-,27-12?. The Morgan fingerprint density at radius 3 is 2.86 bits per heavy atom. The molecule has 0 aliphatic rings. The van der Waals surface area contributed by atoms with Gasteiger partial charge in [-0.15, -0.1) is 0 Å². The number of H-pyrrole nitrogens is 1. The van der Waals surface area contributed by atoms with Gasteiger partial charge in [-0.25, -0.2) is 9.67 Å². The number of hydrogen-bond donors (Lipinski definition) is 3. The third-order valence-electron chi connectivity index (χ3n) is 5.21. The number of carbonyl (C=O) groups excluding carboxylic acids is 1. The first-order valence-corrected chi connectivity index (χ1v) is 10.8. The molecule has 0 aliphatic heterocycles. The number of hydrogen-bond acceptors (Lipinski definition) is 6. The maximum absolute atomic E-state index is 12.8. The van der Waals surface area contributed by atoms with E-state index in [1.54, 1.807) is 67.9 Å². The number of aliphatic hydroxyl groups is 1. The molecule has 0 unspecified atom stereocenters. The van der Waals surface area contributed by atoms with Gasteiger partial charge in [0.1, 0.15) is 0 Å². The average Bonchev–Trinajstić information content (AvgIpc) is 3.27. The van der Waals surface area contributed by atoms with Crippen molar-refractivity contribution in [2.75, 3.05) is 12.4 Å². The van der Waals surface area contributed by atoms with Gasteiger partial charge in [-0.3, -0.25) is 19.9 Å². The number of benzene rings is 2. The van der Waals surface area contributed by atoms with E-state index in [0.29, 0.717) is 33.8 Å². The van der Waals surface area contributed by atoms with Crippen molar-refractivity contribution in [3.8, 4) is 0 Å². The zero-order valence-electron chi connectivity index (χ0n) is 19.1. The van der Waals surface area contributed by atoms with Crippen LogP contribution in [0.15, 0.2) is 83.1 Å². The molecule has 3 N–H and O–H groups in total. The van der Waals surface area contributed by atoms with Crippen molar-refractivity contribution in [3.05, 3.63) is 106 Å². The van der Waals surface area contributed by atoms with Crippen LogP contribution in [-0.4, -0.2) is 44.0 Å². The van der Waals surface area contributed by atoms with E-state index < -0.39 is 0 Å². The van der Waals surface area contributed by atoms with E-state index in [2.05, 4.69) is 32.0 Å². The molecule has 2 heterocycles. The quantitative estimate of drug-likeness (QED) is 0.271. The molecule has 2 aromatic carbocycles. The number of amides is 1. The van der Waals surface area contributed by atoms with Crippen molar-refractivity contribution >= 4 is 34.7 Å². The van der Waals surface area contributed by atoms with Gasteiger partial charge in [-0.2, -0.15) is 5.10 Å². The number of aliphatic hydroxyl groups excluding tert-OH is 1. The first-order chi connectivity index (χ1) is 17.0. The van der Waals surface area contributed by atoms with Crippen LogP contribution in [0.2, 0.25) is 0 Å². The van der Waals surface area contributed by atoms with Gasteiger partial charge in [0.2, 0.25) is 5.95 Å². The van der Waals surface area contributed by atoms with Crippen molar-refractivity contribution in [1.82, 2.24) is 19.7 Å². The summed E-state index contributed by atoms with van der Waals surface area (Å²) in [6.07, 6.45) is 5.14. The molecule has 0 bridgehead atoms. The second kappa shape index (κ2) is 10.5. The molecular formula is C26H24N6O3. The normalized spacial score (nSPS) is 11.5. The van der Waals surface area contributed by atoms with Crippen molar-refractivity contribution in [2.45, 2.75) is 13.2 Å². The molecule has 176 valence electrons. The third-order valence-corrected chi connectivity index (χ3v) is 5.21. The fraction of sp³-hybridized carbons (Fsp3) is 0.115. The van der Waals surface area contributed by atoms with E-state index in [9.17, 15) is 14.7 Å². The number of anilines is 1. The number of aromatic nitrogens is 4. The minimum absolute atomic E-state index is 0.0806. The van der Waals surface area contributed by atoms with E-state index in [1.165, 1.54) is 10.7 Å². The lowest BCUT2D eigenvalue weighted by Crippen LogP contribution is -2.23. The molecule has 4 rings (SSSR count). The average molecular weight is 469 g/mol. The first-order valence-electron chi connectivity index (χ1n) is 10.8. The largest absolute Gasteiger partial charge is 0.392 e. The summed E-state index contributed by atoms with van der Waals surface area (Å²) in [5.41, 5.74) is 4.22. The number of nitrogens with one attached hydrogen (secondary N) is 2. The van der Waals surface area contributed by atoms with Crippen LogP contribution in [0.1, 0.15) is 27.2 Å². The zero-order valence-corrected chi connectivity index (χ0v) is 19.1. The number of imidazole rings is 1. The van der Waals surface area contributed by atoms with Crippen LogP contribution < -0.4 is 10.9 Å². The molecule has 2 aromatic heterocycles. The smallest absolute Gasteiger partial charge is 0.267 e. The van der Waals surface area contributed by atoms with E-state index >= 15 is 0 Å². The van der Waals surface area contributed by atoms with E-state index in [4.69, 9.17) is 0 Å². The Labute approximate surface area is 201 Å². The summed E-state index contributed by atoms with van der Waals surface area (Å²) >= 11 is 0. The third kappa shape index (κ3) is 5.66. The van der Waals surface area contributed by atoms with E-state index in [0.717, 1.165) is 11.1 Å². The fourth-order valence-corrected chi connectivity index (χ4v) is 3.44. The predicted octanol–water partition coefficient (Wildman–Crippen LogP) is 3.18. The van der Waals surface area contributed by atoms with Crippen LogP contribution >= 0.6 is 0 Å². The summed E-state index contributed by atoms with van der Waals surface area (Å²) in [4.78, 5) is 36.5. The van der Waals surface area contributed by atoms with E-state index in [-0.39, 0.29) is 24.6 Å². The van der Waals surface area contributed by atoms with Crippen LogP contribution in [0.3, 0.4) is 0 Å². The Balaban J connectivity index is 1.51. The molecule has 0 saturated carbocycles. The fourth-order valence-electron chi connectivity index (χ4n) is 3.44. The number of aromatic amines is 1. The Hall–Kier alpha value is -4.63. The number of rotatable bonds is 8. The second-order valence-electron chi connectivity index (χ2n) is 7.76. The minimum atomic E-state index is -0.349. The summed E-state index contributed by atoms with van der Waals surface area (Å²) in [6.45, 7) is 4.09. The Bertz CT molecular complexity index is 1510. The van der Waals surface area contributed by atoms with Gasteiger partial charge in [-0.05, 0) is 53.1 Å². The maximum atomic E-state index is 12.8. The number of carbonyl (C=O) groups is 1. The number of fused-ring (bicyclic) bond motifs is 1. The predicted molar refractivity (Wildman–Crippen MR) is 137 cm³/mol. The van der Waals surface area contributed by atoms with Gasteiger partial charge in [0.05, 0.1) is 29.9 Å². The van der Waals surface area contributed by atoms with E-state index in [1.807, 2.05) is 6.07 Å². The molecular weight excluding hydrogens is 444 g/mol. The van der Waals surface area contributed by atoms with Crippen LogP contribution in [0.5, 0.6) is 0 Å². The highest BCUT2D eigenvalue weighted by atomic mass is 16.3. The summed E-state index contributed by atoms with van der Waals surface area (Å²) in [5, 5.41) is 16.4. The molecule has 0 aliphatic carbocycles. The Morgan fingerprint density at radius 2 is 2.06 bits per heavy atom. The molecule has 0 fully saturated rings. The summed E-state index contributed by atoms with van der Waals surface area (Å²) < 4.78 is 1.33. The second-order valence-corrected chi connectivity index (χ2v) is 7.76. The summed E-state index contributed by atoms with van der Waals surface area (Å²) in [7, 11) is 1.67. The maximum Gasteiger partial charge on any atom is 0.267 e. The van der Waals surface area contributed by atoms with Gasteiger partial charge in [0, 0.05) is 24.9 Å². The molecule has 0 atom stereocenters. The lowest BCUT2D eigenvalue weighted by atomic mass is 10.1.